The van der Waals surface area contributed by atoms with Gasteiger partial charge in [0, 0.05) is 16.1 Å². The maximum Gasteiger partial charge on any atom is 0.208 e. The van der Waals surface area contributed by atoms with E-state index in [-0.39, 0.29) is 24.0 Å². The van der Waals surface area contributed by atoms with Crippen LogP contribution in [-0.2, 0) is 10.8 Å². The van der Waals surface area contributed by atoms with Gasteiger partial charge in [0.05, 0.1) is 28.2 Å². The number of halogens is 1. The summed E-state index contributed by atoms with van der Waals surface area (Å²) in [6.07, 6.45) is 0. The number of thiazole rings is 1. The summed E-state index contributed by atoms with van der Waals surface area (Å²) in [4.78, 5) is 18.1. The molecule has 146 valence electrons. The molecule has 6 nitrogen and oxygen atoms in total. The molecule has 0 saturated carbocycles. The number of aryl methyl sites for hydroxylation is 1. The zero-order chi connectivity index (χ0) is 20.3. The van der Waals surface area contributed by atoms with Crippen LogP contribution in [0.3, 0.4) is 0 Å². The molecule has 4 N–H and O–H groups in total. The maximum atomic E-state index is 12.9. The number of aliphatic hydroxyl groups excluding tert-OH is 1. The van der Waals surface area contributed by atoms with Crippen molar-refractivity contribution in [3.63, 3.8) is 0 Å². The molecule has 0 spiro atoms. The molecule has 0 bridgehead atoms. The van der Waals surface area contributed by atoms with Crippen LogP contribution in [0.2, 0.25) is 5.02 Å². The van der Waals surface area contributed by atoms with Crippen LogP contribution in [0.1, 0.15) is 20.8 Å². The molecule has 1 unspecified atom stereocenters. The van der Waals surface area contributed by atoms with Crippen LogP contribution in [0.15, 0.2) is 47.4 Å². The zero-order valence-electron chi connectivity index (χ0n) is 14.9. The van der Waals surface area contributed by atoms with Crippen LogP contribution in [0.5, 0.6) is 0 Å². The summed E-state index contributed by atoms with van der Waals surface area (Å²) in [7, 11) is -1.24. The number of nitrogens with zero attached hydrogens (tertiary/aromatic N) is 1. The number of carbonyl (C=O) groups is 1. The van der Waals surface area contributed by atoms with E-state index in [1.54, 1.807) is 36.4 Å². The van der Waals surface area contributed by atoms with Crippen molar-refractivity contribution in [3.8, 4) is 0 Å². The topological polar surface area (TPSA) is 105 Å². The summed E-state index contributed by atoms with van der Waals surface area (Å²) in [5.41, 5.74) is 7.86. The molecule has 1 atom stereocenters. The number of aromatic nitrogens is 1. The number of anilines is 3. The molecule has 0 amide bonds. The quantitative estimate of drug-likeness (QED) is 0.488. The Morgan fingerprint density at radius 2 is 2.00 bits per heavy atom. The average molecular weight is 436 g/mol. The molecule has 0 aliphatic carbocycles. The van der Waals surface area contributed by atoms with E-state index in [1.807, 2.05) is 13.0 Å². The lowest BCUT2D eigenvalue weighted by Gasteiger charge is -2.06. The Hall–Kier alpha value is -2.26. The minimum Gasteiger partial charge on any atom is -0.395 e. The summed E-state index contributed by atoms with van der Waals surface area (Å²) in [5, 5.41) is 12.8. The third-order valence-corrected chi connectivity index (χ3v) is 6.61. The summed E-state index contributed by atoms with van der Waals surface area (Å²) in [5.74, 6) is 0.0707. The van der Waals surface area contributed by atoms with E-state index in [2.05, 4.69) is 10.3 Å². The zero-order valence-corrected chi connectivity index (χ0v) is 17.3. The first-order chi connectivity index (χ1) is 13.4. The van der Waals surface area contributed by atoms with E-state index in [0.717, 1.165) is 16.9 Å². The Morgan fingerprint density at radius 3 is 2.64 bits per heavy atom. The Balaban J connectivity index is 1.81. The summed E-state index contributed by atoms with van der Waals surface area (Å²) >= 11 is 7.34. The molecule has 28 heavy (non-hydrogen) atoms. The van der Waals surface area contributed by atoms with Crippen molar-refractivity contribution in [1.82, 2.24) is 4.98 Å². The lowest BCUT2D eigenvalue weighted by atomic mass is 10.0. The van der Waals surface area contributed by atoms with E-state index in [9.17, 15) is 9.00 Å². The van der Waals surface area contributed by atoms with E-state index < -0.39 is 10.8 Å². The second-order valence-electron chi connectivity index (χ2n) is 5.92. The van der Waals surface area contributed by atoms with Crippen molar-refractivity contribution >= 4 is 56.2 Å². The molecule has 0 aliphatic heterocycles. The van der Waals surface area contributed by atoms with E-state index in [4.69, 9.17) is 22.4 Å². The van der Waals surface area contributed by atoms with Gasteiger partial charge in [-0.15, -0.1) is 0 Å². The second-order valence-corrected chi connectivity index (χ2v) is 8.89. The van der Waals surface area contributed by atoms with Gasteiger partial charge >= 0.3 is 0 Å². The molecular weight excluding hydrogens is 418 g/mol. The van der Waals surface area contributed by atoms with Gasteiger partial charge in [0.1, 0.15) is 10.7 Å². The summed E-state index contributed by atoms with van der Waals surface area (Å²) in [6.45, 7) is 1.69. The van der Waals surface area contributed by atoms with Crippen molar-refractivity contribution in [2.45, 2.75) is 11.8 Å². The van der Waals surface area contributed by atoms with Crippen LogP contribution in [0, 0.1) is 6.92 Å². The number of ketones is 1. The summed E-state index contributed by atoms with van der Waals surface area (Å²) < 4.78 is 11.9. The highest BCUT2D eigenvalue weighted by atomic mass is 35.5. The molecule has 0 radical (unpaired) electrons. The van der Waals surface area contributed by atoms with E-state index in [0.29, 0.717) is 31.2 Å². The number of benzene rings is 2. The first-order valence-corrected chi connectivity index (χ1v) is 10.8. The van der Waals surface area contributed by atoms with Crippen LogP contribution < -0.4 is 11.1 Å². The number of hydrogen-bond donors (Lipinski definition) is 3. The molecule has 0 fully saturated rings. The molecule has 3 rings (SSSR count). The van der Waals surface area contributed by atoms with Gasteiger partial charge in [-0.05, 0) is 42.8 Å². The fourth-order valence-electron chi connectivity index (χ4n) is 2.60. The number of nitrogens with one attached hydrogen (secondary N) is 1. The van der Waals surface area contributed by atoms with Gasteiger partial charge in [0.2, 0.25) is 5.78 Å². The molecule has 1 heterocycles. The van der Waals surface area contributed by atoms with Gasteiger partial charge in [0.15, 0.2) is 5.13 Å². The van der Waals surface area contributed by atoms with Gasteiger partial charge in [0.25, 0.3) is 0 Å². The van der Waals surface area contributed by atoms with Crippen molar-refractivity contribution in [2.24, 2.45) is 0 Å². The Kier molecular flexibility index (Phi) is 6.46. The van der Waals surface area contributed by atoms with E-state index in [1.165, 1.54) is 0 Å². The maximum absolute atomic E-state index is 12.9. The Labute approximate surface area is 173 Å². The third-order valence-electron chi connectivity index (χ3n) is 3.95. The first-order valence-electron chi connectivity index (χ1n) is 8.33. The molecule has 0 saturated heterocycles. The molecule has 9 heteroatoms. The number of nitrogen functional groups attached to an aromatic ring is 1. The van der Waals surface area contributed by atoms with Crippen molar-refractivity contribution in [1.29, 1.82) is 0 Å². The SMILES string of the molecule is Cc1cccc(Cl)c1C(=O)c1sc(Nc2ccc(S(=O)CCO)cc2)nc1N. The van der Waals surface area contributed by atoms with Gasteiger partial charge in [-0.25, -0.2) is 4.98 Å². The van der Waals surface area contributed by atoms with Crippen molar-refractivity contribution in [2.75, 3.05) is 23.4 Å². The second kappa shape index (κ2) is 8.83. The van der Waals surface area contributed by atoms with Crippen LogP contribution in [0.25, 0.3) is 0 Å². The van der Waals surface area contributed by atoms with Crippen molar-refractivity contribution in [3.05, 3.63) is 63.5 Å². The number of carbonyl (C=O) groups excluding carboxylic acids is 1. The number of hydrogen-bond acceptors (Lipinski definition) is 7. The van der Waals surface area contributed by atoms with Gasteiger partial charge in [-0.3, -0.25) is 9.00 Å². The minimum atomic E-state index is -1.24. The highest BCUT2D eigenvalue weighted by molar-refractivity contribution is 7.85. The predicted octanol–water partition coefficient (Wildman–Crippen LogP) is 3.76. The van der Waals surface area contributed by atoms with Crippen LogP contribution in [-0.4, -0.2) is 32.4 Å². The standard InChI is InChI=1S/C19H18ClN3O3S2/c1-11-3-2-4-14(20)15(11)16(25)17-18(21)23-19(27-17)22-12-5-7-13(8-6-12)28(26)10-9-24/h2-8,24H,9-10,21H2,1H3,(H,22,23). The number of rotatable bonds is 7. The fraction of sp³-hybridized carbons (Fsp3) is 0.158. The average Bonchev–Trinajstić information content (AvgIpc) is 3.02. The normalized spacial score (nSPS) is 12.0. The smallest absolute Gasteiger partial charge is 0.208 e. The fourth-order valence-corrected chi connectivity index (χ4v) is 4.60. The molecular formula is C19H18ClN3O3S2. The highest BCUT2D eigenvalue weighted by Gasteiger charge is 2.21. The predicted molar refractivity (Wildman–Crippen MR) is 114 cm³/mol. The van der Waals surface area contributed by atoms with Crippen molar-refractivity contribution < 1.29 is 14.1 Å². The largest absolute Gasteiger partial charge is 0.395 e. The monoisotopic (exact) mass is 435 g/mol. The van der Waals surface area contributed by atoms with Crippen LogP contribution >= 0.6 is 22.9 Å². The minimum absolute atomic E-state index is 0.132. The van der Waals surface area contributed by atoms with E-state index >= 15 is 0 Å². The van der Waals surface area contributed by atoms with Gasteiger partial charge in [-0.2, -0.15) is 0 Å². The summed E-state index contributed by atoms with van der Waals surface area (Å²) in [6, 6.07) is 12.2. The molecule has 2 aromatic carbocycles. The Bertz CT molecular complexity index is 1020. The first kappa shape index (κ1) is 20.5. The highest BCUT2D eigenvalue weighted by Crippen LogP contribution is 2.32. The Morgan fingerprint density at radius 1 is 1.29 bits per heavy atom. The number of aliphatic hydroxyl groups is 1. The third kappa shape index (κ3) is 4.41. The van der Waals surface area contributed by atoms with Gasteiger partial charge in [-0.1, -0.05) is 35.1 Å². The van der Waals surface area contributed by atoms with Gasteiger partial charge < -0.3 is 16.2 Å². The molecule has 0 aliphatic rings. The lowest BCUT2D eigenvalue weighted by molar-refractivity contribution is 0.104. The molecule has 1 aromatic heterocycles. The van der Waals surface area contributed by atoms with Crippen LogP contribution in [0.4, 0.5) is 16.6 Å². The molecule has 3 aromatic rings. The lowest BCUT2D eigenvalue weighted by Crippen LogP contribution is -2.05. The number of nitrogens with two attached hydrogens (primary N) is 1.